The molecule has 0 radical (unpaired) electrons. The minimum atomic E-state index is -0.173. The van der Waals surface area contributed by atoms with Crippen LogP contribution in [0.2, 0.25) is 0 Å². The molecule has 0 spiro atoms. The number of quaternary nitrogens is 1. The van der Waals surface area contributed by atoms with Crippen LogP contribution in [-0.4, -0.2) is 38.8 Å². The van der Waals surface area contributed by atoms with E-state index >= 15 is 0 Å². The van der Waals surface area contributed by atoms with E-state index in [4.69, 9.17) is 0 Å². The molecule has 0 atom stereocenters. The van der Waals surface area contributed by atoms with Gasteiger partial charge in [-0.25, -0.2) is 4.39 Å². The number of nitrogens with one attached hydrogen (secondary N) is 2. The van der Waals surface area contributed by atoms with Crippen molar-refractivity contribution >= 4 is 11.6 Å². The molecular formula is C18H21FN3O+. The summed E-state index contributed by atoms with van der Waals surface area (Å²) in [5.41, 5.74) is 1.34. The van der Waals surface area contributed by atoms with Crippen molar-refractivity contribution in [1.82, 2.24) is 5.32 Å². The van der Waals surface area contributed by atoms with Gasteiger partial charge in [0, 0.05) is 5.56 Å². The van der Waals surface area contributed by atoms with Crippen molar-refractivity contribution in [2.45, 2.75) is 0 Å². The van der Waals surface area contributed by atoms with Crippen LogP contribution in [0, 0.1) is 5.82 Å². The van der Waals surface area contributed by atoms with Gasteiger partial charge in [-0.2, -0.15) is 0 Å². The number of para-hydroxylation sites is 1. The minimum absolute atomic E-state index is 0.0466. The Kier molecular flexibility index (Phi) is 4.88. The van der Waals surface area contributed by atoms with Crippen molar-refractivity contribution in [2.24, 2.45) is 0 Å². The normalized spacial score (nSPS) is 15.4. The Bertz CT molecular complexity index is 654. The van der Waals surface area contributed by atoms with E-state index < -0.39 is 0 Å². The number of hydrogen-bond acceptors (Lipinski definition) is 2. The second-order valence-corrected chi connectivity index (χ2v) is 5.74. The Morgan fingerprint density at radius 2 is 1.70 bits per heavy atom. The predicted molar refractivity (Wildman–Crippen MR) is 88.1 cm³/mol. The van der Waals surface area contributed by atoms with Gasteiger partial charge in [-0.1, -0.05) is 30.3 Å². The van der Waals surface area contributed by atoms with Crippen molar-refractivity contribution in [2.75, 3.05) is 37.7 Å². The molecule has 0 aliphatic carbocycles. The van der Waals surface area contributed by atoms with Crippen molar-refractivity contribution in [3.63, 3.8) is 0 Å². The average Bonchev–Trinajstić information content (AvgIpc) is 2.61. The SMILES string of the molecule is O=C(NC[NH+]1CCN(c2ccccc2F)CC1)c1ccccc1. The van der Waals surface area contributed by atoms with E-state index in [2.05, 4.69) is 10.2 Å². The second kappa shape index (κ2) is 7.24. The van der Waals surface area contributed by atoms with Crippen LogP contribution in [-0.2, 0) is 0 Å². The molecule has 1 heterocycles. The summed E-state index contributed by atoms with van der Waals surface area (Å²) in [7, 11) is 0. The van der Waals surface area contributed by atoms with Crippen LogP contribution in [0.25, 0.3) is 0 Å². The fourth-order valence-electron chi connectivity index (χ4n) is 2.85. The summed E-state index contributed by atoms with van der Waals surface area (Å²) in [6.07, 6.45) is 0. The topological polar surface area (TPSA) is 36.8 Å². The molecule has 1 aliphatic heterocycles. The molecule has 120 valence electrons. The number of carbonyl (C=O) groups is 1. The number of benzene rings is 2. The van der Waals surface area contributed by atoms with E-state index in [1.165, 1.54) is 11.0 Å². The summed E-state index contributed by atoms with van der Waals surface area (Å²) < 4.78 is 13.8. The fourth-order valence-corrected chi connectivity index (χ4v) is 2.85. The van der Waals surface area contributed by atoms with Gasteiger partial charge in [0.15, 0.2) is 6.67 Å². The zero-order chi connectivity index (χ0) is 16.1. The van der Waals surface area contributed by atoms with Gasteiger partial charge in [0.25, 0.3) is 5.91 Å². The molecule has 1 aliphatic rings. The average molecular weight is 314 g/mol. The van der Waals surface area contributed by atoms with E-state index in [1.807, 2.05) is 30.3 Å². The monoisotopic (exact) mass is 314 g/mol. The van der Waals surface area contributed by atoms with E-state index in [0.29, 0.717) is 17.9 Å². The quantitative estimate of drug-likeness (QED) is 0.880. The summed E-state index contributed by atoms with van der Waals surface area (Å²) in [6.45, 7) is 3.93. The molecule has 1 saturated heterocycles. The molecular weight excluding hydrogens is 293 g/mol. The predicted octanol–water partition coefficient (Wildman–Crippen LogP) is 0.918. The van der Waals surface area contributed by atoms with Gasteiger partial charge in [0.1, 0.15) is 5.82 Å². The van der Waals surface area contributed by atoms with Crippen LogP contribution in [0.1, 0.15) is 10.4 Å². The maximum atomic E-state index is 13.8. The van der Waals surface area contributed by atoms with Gasteiger partial charge in [-0.05, 0) is 24.3 Å². The third-order valence-electron chi connectivity index (χ3n) is 4.20. The van der Waals surface area contributed by atoms with Gasteiger partial charge in [-0.15, -0.1) is 0 Å². The lowest BCUT2D eigenvalue weighted by atomic mass is 10.2. The summed E-state index contributed by atoms with van der Waals surface area (Å²) in [4.78, 5) is 15.4. The Balaban J connectivity index is 1.48. The van der Waals surface area contributed by atoms with Crippen LogP contribution in [0.5, 0.6) is 0 Å². The van der Waals surface area contributed by atoms with Crippen molar-refractivity contribution in [3.8, 4) is 0 Å². The molecule has 2 N–H and O–H groups in total. The highest BCUT2D eigenvalue weighted by Crippen LogP contribution is 2.17. The molecule has 0 saturated carbocycles. The highest BCUT2D eigenvalue weighted by atomic mass is 19.1. The molecule has 2 aromatic rings. The van der Waals surface area contributed by atoms with Crippen molar-refractivity contribution in [1.29, 1.82) is 0 Å². The Morgan fingerprint density at radius 3 is 2.39 bits per heavy atom. The molecule has 1 amide bonds. The first-order valence-corrected chi connectivity index (χ1v) is 7.90. The highest BCUT2D eigenvalue weighted by Gasteiger charge is 2.22. The van der Waals surface area contributed by atoms with Gasteiger partial charge in [0.05, 0.1) is 31.9 Å². The number of anilines is 1. The largest absolute Gasteiger partial charge is 0.358 e. The van der Waals surface area contributed by atoms with Gasteiger partial charge in [0.2, 0.25) is 0 Å². The molecule has 23 heavy (non-hydrogen) atoms. The number of rotatable bonds is 4. The Labute approximate surface area is 135 Å². The molecule has 4 nitrogen and oxygen atoms in total. The Morgan fingerprint density at radius 1 is 1.04 bits per heavy atom. The Hall–Kier alpha value is -2.40. The molecule has 2 aromatic carbocycles. The third kappa shape index (κ3) is 3.87. The van der Waals surface area contributed by atoms with E-state index in [1.54, 1.807) is 18.2 Å². The molecule has 0 unspecified atom stereocenters. The lowest BCUT2D eigenvalue weighted by Crippen LogP contribution is -3.16. The summed E-state index contributed by atoms with van der Waals surface area (Å²) in [5, 5.41) is 2.97. The lowest BCUT2D eigenvalue weighted by molar-refractivity contribution is -0.902. The van der Waals surface area contributed by atoms with Crippen molar-refractivity contribution in [3.05, 3.63) is 66.0 Å². The van der Waals surface area contributed by atoms with E-state index in [9.17, 15) is 9.18 Å². The lowest BCUT2D eigenvalue weighted by Gasteiger charge is -2.33. The van der Waals surface area contributed by atoms with Crippen LogP contribution in [0.4, 0.5) is 10.1 Å². The zero-order valence-corrected chi connectivity index (χ0v) is 13.0. The first-order valence-electron chi connectivity index (χ1n) is 7.90. The van der Waals surface area contributed by atoms with E-state index in [-0.39, 0.29) is 11.7 Å². The van der Waals surface area contributed by atoms with E-state index in [0.717, 1.165) is 26.2 Å². The number of carbonyl (C=O) groups excluding carboxylic acids is 1. The summed E-state index contributed by atoms with van der Waals surface area (Å²) in [5.74, 6) is -0.219. The van der Waals surface area contributed by atoms with Gasteiger partial charge >= 0.3 is 0 Å². The van der Waals surface area contributed by atoms with Gasteiger partial charge in [-0.3, -0.25) is 4.79 Å². The maximum Gasteiger partial charge on any atom is 0.255 e. The summed E-state index contributed by atoms with van der Waals surface area (Å²) in [6, 6.07) is 16.1. The smallest absolute Gasteiger partial charge is 0.255 e. The highest BCUT2D eigenvalue weighted by molar-refractivity contribution is 5.93. The number of hydrogen-bond donors (Lipinski definition) is 2. The molecule has 1 fully saturated rings. The molecule has 3 rings (SSSR count). The minimum Gasteiger partial charge on any atom is -0.358 e. The fraction of sp³-hybridized carbons (Fsp3) is 0.278. The van der Waals surface area contributed by atoms with Crippen LogP contribution >= 0.6 is 0 Å². The number of piperazine rings is 1. The van der Waals surface area contributed by atoms with Crippen LogP contribution < -0.4 is 15.1 Å². The second-order valence-electron chi connectivity index (χ2n) is 5.74. The van der Waals surface area contributed by atoms with Crippen LogP contribution in [0.3, 0.4) is 0 Å². The van der Waals surface area contributed by atoms with Gasteiger partial charge < -0.3 is 15.1 Å². The van der Waals surface area contributed by atoms with Crippen molar-refractivity contribution < 1.29 is 14.1 Å². The van der Waals surface area contributed by atoms with Crippen LogP contribution in [0.15, 0.2) is 54.6 Å². The number of amides is 1. The zero-order valence-electron chi connectivity index (χ0n) is 13.0. The standard InChI is InChI=1S/C18H20FN3O/c19-16-8-4-5-9-17(16)22-12-10-21(11-13-22)14-20-18(23)15-6-2-1-3-7-15/h1-9H,10-14H2,(H,20,23)/p+1. The molecule has 0 bridgehead atoms. The molecule has 5 heteroatoms. The molecule has 0 aromatic heterocycles. The summed E-state index contributed by atoms with van der Waals surface area (Å²) >= 11 is 0. The first kappa shape index (κ1) is 15.5. The third-order valence-corrected chi connectivity index (χ3v) is 4.20. The maximum absolute atomic E-state index is 13.8. The number of halogens is 1. The first-order chi connectivity index (χ1) is 11.2. The number of nitrogens with zero attached hydrogens (tertiary/aromatic N) is 1.